The van der Waals surface area contributed by atoms with Crippen LogP contribution in [0.25, 0.3) is 0 Å². The van der Waals surface area contributed by atoms with E-state index in [1.165, 1.54) is 11.6 Å². The van der Waals surface area contributed by atoms with E-state index in [1.54, 1.807) is 22.5 Å². The second kappa shape index (κ2) is 11.2. The zero-order valence-electron chi connectivity index (χ0n) is 19.0. The van der Waals surface area contributed by atoms with E-state index in [2.05, 4.69) is 22.3 Å². The lowest BCUT2D eigenvalue weighted by molar-refractivity contribution is 0.0342. The van der Waals surface area contributed by atoms with Crippen molar-refractivity contribution in [3.63, 3.8) is 0 Å². The average Bonchev–Trinajstić information content (AvgIpc) is 3.14. The number of nitrogens with zero attached hydrogens (tertiary/aromatic N) is 2. The van der Waals surface area contributed by atoms with Crippen LogP contribution < -0.4 is 5.32 Å². The molecule has 0 spiro atoms. The Morgan fingerprint density at radius 3 is 2.24 bits per heavy atom. The van der Waals surface area contributed by atoms with Gasteiger partial charge in [0.15, 0.2) is 0 Å². The summed E-state index contributed by atoms with van der Waals surface area (Å²) in [4.78, 5) is 15.3. The van der Waals surface area contributed by atoms with Gasteiger partial charge in [-0.15, -0.1) is 0 Å². The molecule has 0 radical (unpaired) electrons. The lowest BCUT2D eigenvalue weighted by Gasteiger charge is -2.26. The fourth-order valence-electron chi connectivity index (χ4n) is 4.29. The van der Waals surface area contributed by atoms with E-state index in [0.29, 0.717) is 25.2 Å². The van der Waals surface area contributed by atoms with E-state index in [9.17, 15) is 13.2 Å². The molecule has 4 rings (SSSR count). The average molecular weight is 472 g/mol. The summed E-state index contributed by atoms with van der Waals surface area (Å²) in [5.41, 5.74) is 2.59. The fourth-order valence-corrected chi connectivity index (χ4v) is 5.86. The highest BCUT2D eigenvalue weighted by molar-refractivity contribution is 7.89. The maximum atomic E-state index is 13.1. The maximum absolute atomic E-state index is 13.1. The predicted octanol–water partition coefficient (Wildman–Crippen LogP) is 3.01. The third kappa shape index (κ3) is 6.41. The summed E-state index contributed by atoms with van der Waals surface area (Å²) in [6, 6.07) is 14.6. The SMILES string of the molecule is O=C(NCc1ccc(CN2CCOCC2)cc1)c1cccc(S(=O)(=O)N2CCCCCC2)c1. The minimum Gasteiger partial charge on any atom is -0.379 e. The Hall–Kier alpha value is -2.26. The molecule has 33 heavy (non-hydrogen) atoms. The van der Waals surface area contributed by atoms with Gasteiger partial charge in [0.1, 0.15) is 0 Å². The van der Waals surface area contributed by atoms with Gasteiger partial charge in [-0.05, 0) is 42.2 Å². The van der Waals surface area contributed by atoms with Crippen LogP contribution in [-0.4, -0.2) is 62.9 Å². The number of carbonyl (C=O) groups excluding carboxylic acids is 1. The van der Waals surface area contributed by atoms with Crippen molar-refractivity contribution in [3.05, 3.63) is 65.2 Å². The number of morpholine rings is 1. The first-order chi connectivity index (χ1) is 16.0. The third-order valence-electron chi connectivity index (χ3n) is 6.28. The number of nitrogens with one attached hydrogen (secondary N) is 1. The van der Waals surface area contributed by atoms with Crippen LogP contribution in [0.2, 0.25) is 0 Å². The van der Waals surface area contributed by atoms with Crippen molar-refractivity contribution in [3.8, 4) is 0 Å². The summed E-state index contributed by atoms with van der Waals surface area (Å²) in [6.07, 6.45) is 3.88. The zero-order chi connectivity index (χ0) is 23.1. The Kier molecular flexibility index (Phi) is 8.14. The summed E-state index contributed by atoms with van der Waals surface area (Å²) in [6.45, 7) is 5.83. The van der Waals surface area contributed by atoms with Crippen LogP contribution in [-0.2, 0) is 27.8 Å². The lowest BCUT2D eigenvalue weighted by atomic mass is 10.1. The Morgan fingerprint density at radius 2 is 1.55 bits per heavy atom. The van der Waals surface area contributed by atoms with Gasteiger partial charge in [0.2, 0.25) is 10.0 Å². The van der Waals surface area contributed by atoms with Crippen molar-refractivity contribution in [2.45, 2.75) is 43.7 Å². The molecule has 7 nitrogen and oxygen atoms in total. The van der Waals surface area contributed by atoms with Crippen LogP contribution in [0.5, 0.6) is 0 Å². The lowest BCUT2D eigenvalue weighted by Crippen LogP contribution is -2.35. The van der Waals surface area contributed by atoms with E-state index in [-0.39, 0.29) is 10.8 Å². The number of sulfonamides is 1. The zero-order valence-corrected chi connectivity index (χ0v) is 19.9. The van der Waals surface area contributed by atoms with Gasteiger partial charge >= 0.3 is 0 Å². The molecule has 0 aliphatic carbocycles. The Bertz CT molecular complexity index is 1030. The molecule has 1 N–H and O–H groups in total. The second-order valence-corrected chi connectivity index (χ2v) is 10.7. The van der Waals surface area contributed by atoms with E-state index >= 15 is 0 Å². The number of carbonyl (C=O) groups is 1. The second-order valence-electron chi connectivity index (χ2n) is 8.73. The van der Waals surface area contributed by atoms with Crippen molar-refractivity contribution in [2.75, 3.05) is 39.4 Å². The van der Waals surface area contributed by atoms with Crippen LogP contribution in [0.3, 0.4) is 0 Å². The third-order valence-corrected chi connectivity index (χ3v) is 8.18. The predicted molar refractivity (Wildman–Crippen MR) is 127 cm³/mol. The molecule has 0 aromatic heterocycles. The molecule has 8 heteroatoms. The highest BCUT2D eigenvalue weighted by Crippen LogP contribution is 2.21. The number of hydrogen-bond acceptors (Lipinski definition) is 5. The topological polar surface area (TPSA) is 79.0 Å². The first-order valence-corrected chi connectivity index (χ1v) is 13.2. The highest BCUT2D eigenvalue weighted by atomic mass is 32.2. The largest absolute Gasteiger partial charge is 0.379 e. The monoisotopic (exact) mass is 471 g/mol. The van der Waals surface area contributed by atoms with E-state index in [0.717, 1.165) is 64.1 Å². The summed E-state index contributed by atoms with van der Waals surface area (Å²) in [7, 11) is -3.58. The standard InChI is InChI=1S/C25H33N3O4S/c29-25(26-19-21-8-10-22(11-9-21)20-27-14-16-32-17-15-27)23-6-5-7-24(18-23)33(30,31)28-12-3-1-2-4-13-28/h5-11,18H,1-4,12-17,19-20H2,(H,26,29). The molecule has 2 aromatic rings. The van der Waals surface area contributed by atoms with E-state index < -0.39 is 10.0 Å². The Balaban J connectivity index is 1.35. The summed E-state index contributed by atoms with van der Waals surface area (Å²) < 4.78 is 33.0. The van der Waals surface area contributed by atoms with Crippen LogP contribution in [0.1, 0.15) is 47.2 Å². The number of hydrogen-bond donors (Lipinski definition) is 1. The van der Waals surface area contributed by atoms with Crippen molar-refractivity contribution >= 4 is 15.9 Å². The van der Waals surface area contributed by atoms with Crippen molar-refractivity contribution in [1.29, 1.82) is 0 Å². The summed E-state index contributed by atoms with van der Waals surface area (Å²) in [5.74, 6) is -0.277. The molecular formula is C25H33N3O4S. The number of rotatable bonds is 7. The molecule has 0 atom stereocenters. The molecule has 0 bridgehead atoms. The highest BCUT2D eigenvalue weighted by Gasteiger charge is 2.25. The van der Waals surface area contributed by atoms with Gasteiger partial charge in [0, 0.05) is 44.8 Å². The molecule has 2 saturated heterocycles. The molecule has 2 heterocycles. The minimum absolute atomic E-state index is 0.185. The van der Waals surface area contributed by atoms with Gasteiger partial charge in [0.05, 0.1) is 18.1 Å². The summed E-state index contributed by atoms with van der Waals surface area (Å²) in [5, 5.41) is 2.91. The van der Waals surface area contributed by atoms with E-state index in [1.807, 2.05) is 12.1 Å². The van der Waals surface area contributed by atoms with E-state index in [4.69, 9.17) is 4.74 Å². The van der Waals surface area contributed by atoms with Gasteiger partial charge in [0.25, 0.3) is 5.91 Å². The maximum Gasteiger partial charge on any atom is 0.251 e. The quantitative estimate of drug-likeness (QED) is 0.672. The van der Waals surface area contributed by atoms with Gasteiger partial charge in [-0.2, -0.15) is 4.31 Å². The first kappa shape index (κ1) is 23.9. The molecule has 1 amide bonds. The normalized spacial score (nSPS) is 18.5. The molecule has 0 unspecified atom stereocenters. The minimum atomic E-state index is -3.58. The number of benzene rings is 2. The van der Waals surface area contributed by atoms with Gasteiger partial charge in [-0.25, -0.2) is 8.42 Å². The molecule has 2 aliphatic heterocycles. The van der Waals surface area contributed by atoms with Crippen molar-refractivity contribution in [2.24, 2.45) is 0 Å². The van der Waals surface area contributed by atoms with Crippen LogP contribution in [0.15, 0.2) is 53.4 Å². The van der Waals surface area contributed by atoms with Gasteiger partial charge < -0.3 is 10.1 Å². The van der Waals surface area contributed by atoms with Crippen LogP contribution in [0.4, 0.5) is 0 Å². The molecule has 0 saturated carbocycles. The molecule has 178 valence electrons. The molecular weight excluding hydrogens is 438 g/mol. The number of amides is 1. The van der Waals surface area contributed by atoms with Crippen molar-refractivity contribution in [1.82, 2.24) is 14.5 Å². The Labute approximate surface area is 196 Å². The van der Waals surface area contributed by atoms with Gasteiger partial charge in [-0.1, -0.05) is 43.2 Å². The molecule has 2 aliphatic rings. The van der Waals surface area contributed by atoms with Crippen LogP contribution >= 0.6 is 0 Å². The fraction of sp³-hybridized carbons (Fsp3) is 0.480. The Morgan fingerprint density at radius 1 is 0.879 bits per heavy atom. The molecule has 2 aromatic carbocycles. The smallest absolute Gasteiger partial charge is 0.251 e. The van der Waals surface area contributed by atoms with Crippen LogP contribution in [0, 0.1) is 0 Å². The van der Waals surface area contributed by atoms with Gasteiger partial charge in [-0.3, -0.25) is 9.69 Å². The molecule has 2 fully saturated rings. The number of ether oxygens (including phenoxy) is 1. The summed E-state index contributed by atoms with van der Waals surface area (Å²) >= 11 is 0. The first-order valence-electron chi connectivity index (χ1n) is 11.8. The van der Waals surface area contributed by atoms with Crippen molar-refractivity contribution < 1.29 is 17.9 Å².